The van der Waals surface area contributed by atoms with E-state index in [4.69, 9.17) is 23.1 Å². The Hall–Kier alpha value is -0.840. The van der Waals surface area contributed by atoms with Crippen LogP contribution in [0.15, 0.2) is 12.3 Å². The first-order chi connectivity index (χ1) is 10.1. The van der Waals surface area contributed by atoms with E-state index in [-0.39, 0.29) is 11.6 Å². The molecule has 2 aliphatic rings. The van der Waals surface area contributed by atoms with Gasteiger partial charge in [0.05, 0.1) is 11.1 Å². The number of rotatable bonds is 3. The smallest absolute Gasteiger partial charge is 0.128 e. The molecule has 1 saturated carbocycles. The minimum atomic E-state index is -0.107. The van der Waals surface area contributed by atoms with E-state index < -0.39 is 0 Å². The molecule has 4 nitrogen and oxygen atoms in total. The molecule has 2 fully saturated rings. The maximum Gasteiger partial charge on any atom is 0.128 e. The van der Waals surface area contributed by atoms with Gasteiger partial charge in [0.15, 0.2) is 0 Å². The van der Waals surface area contributed by atoms with E-state index in [0.717, 1.165) is 31.5 Å². The Labute approximate surface area is 131 Å². The van der Waals surface area contributed by atoms with Gasteiger partial charge in [-0.15, -0.1) is 0 Å². The van der Waals surface area contributed by atoms with E-state index in [2.05, 4.69) is 9.88 Å². The van der Waals surface area contributed by atoms with Crippen LogP contribution >= 0.6 is 11.6 Å². The van der Waals surface area contributed by atoms with Crippen molar-refractivity contribution in [1.82, 2.24) is 9.88 Å². The largest absolute Gasteiger partial charge is 0.383 e. The molecule has 1 aromatic rings. The van der Waals surface area contributed by atoms with E-state index >= 15 is 0 Å². The molecule has 3 rings (SSSR count). The number of piperidine rings is 1. The van der Waals surface area contributed by atoms with Crippen LogP contribution in [0.4, 0.5) is 5.82 Å². The van der Waals surface area contributed by atoms with E-state index in [1.165, 1.54) is 32.1 Å². The molecule has 0 spiro atoms. The Morgan fingerprint density at radius 1 is 1.14 bits per heavy atom. The summed E-state index contributed by atoms with van der Waals surface area (Å²) in [7, 11) is 0. The highest BCUT2D eigenvalue weighted by molar-refractivity contribution is 6.30. The van der Waals surface area contributed by atoms with E-state index in [0.29, 0.717) is 10.8 Å². The number of nitrogen functional groups attached to an aromatic ring is 1. The SMILES string of the molecule is Nc1ncc(Cl)cc1C(N)C1(N2CCCCC2)CCCC1. The third-order valence-corrected chi connectivity index (χ3v) is 5.49. The van der Waals surface area contributed by atoms with Crippen molar-refractivity contribution in [1.29, 1.82) is 0 Å². The number of pyridine rings is 1. The van der Waals surface area contributed by atoms with Gasteiger partial charge in [-0.2, -0.15) is 0 Å². The maximum absolute atomic E-state index is 6.72. The fourth-order valence-corrected chi connectivity index (χ4v) is 4.32. The average Bonchev–Trinajstić information content (AvgIpc) is 3.01. The first kappa shape index (κ1) is 15.1. The Kier molecular flexibility index (Phi) is 4.38. The van der Waals surface area contributed by atoms with Crippen molar-refractivity contribution in [2.75, 3.05) is 18.8 Å². The standard InChI is InChI=1S/C16H25ClN4/c17-12-10-13(15(19)20-11-12)14(18)16(6-2-3-7-16)21-8-4-1-5-9-21/h10-11,14H,1-9,18H2,(H2,19,20). The molecule has 1 aliphatic heterocycles. The fraction of sp³-hybridized carbons (Fsp3) is 0.688. The summed E-state index contributed by atoms with van der Waals surface area (Å²) in [5.41, 5.74) is 13.7. The molecule has 1 aliphatic carbocycles. The summed E-state index contributed by atoms with van der Waals surface area (Å²) in [6.45, 7) is 2.31. The van der Waals surface area contributed by atoms with E-state index in [1.54, 1.807) is 6.20 Å². The number of hydrogen-bond acceptors (Lipinski definition) is 4. The number of halogens is 1. The second-order valence-corrected chi connectivity index (χ2v) is 6.90. The van der Waals surface area contributed by atoms with E-state index in [9.17, 15) is 0 Å². The lowest BCUT2D eigenvalue weighted by Gasteiger charge is -2.47. The zero-order valence-corrected chi connectivity index (χ0v) is 13.3. The van der Waals surface area contributed by atoms with Crippen molar-refractivity contribution >= 4 is 17.4 Å². The number of nitrogens with two attached hydrogens (primary N) is 2. The van der Waals surface area contributed by atoms with Crippen LogP contribution in [-0.4, -0.2) is 28.5 Å². The summed E-state index contributed by atoms with van der Waals surface area (Å²) < 4.78 is 0. The molecule has 1 unspecified atom stereocenters. The number of aromatic nitrogens is 1. The predicted molar refractivity (Wildman–Crippen MR) is 87.2 cm³/mol. The minimum Gasteiger partial charge on any atom is -0.383 e. The molecular weight excluding hydrogens is 284 g/mol. The van der Waals surface area contributed by atoms with Crippen LogP contribution < -0.4 is 11.5 Å². The van der Waals surface area contributed by atoms with Crippen LogP contribution in [0.1, 0.15) is 56.6 Å². The molecule has 0 amide bonds. The van der Waals surface area contributed by atoms with Gasteiger partial charge in [0.2, 0.25) is 0 Å². The van der Waals surface area contributed by atoms with Gasteiger partial charge in [-0.3, -0.25) is 4.90 Å². The third-order valence-electron chi connectivity index (χ3n) is 5.29. The number of nitrogens with zero attached hydrogens (tertiary/aromatic N) is 2. The molecule has 0 aromatic carbocycles. The molecule has 1 atom stereocenters. The van der Waals surface area contributed by atoms with Gasteiger partial charge in [0.25, 0.3) is 0 Å². The molecule has 5 heteroatoms. The molecule has 1 saturated heterocycles. The summed E-state index contributed by atoms with van der Waals surface area (Å²) in [6, 6.07) is 1.79. The number of hydrogen-bond donors (Lipinski definition) is 2. The second-order valence-electron chi connectivity index (χ2n) is 6.46. The lowest BCUT2D eigenvalue weighted by Crippen LogP contribution is -2.55. The van der Waals surface area contributed by atoms with Gasteiger partial charge >= 0.3 is 0 Å². The molecule has 0 radical (unpaired) electrons. The first-order valence-electron chi connectivity index (χ1n) is 8.05. The predicted octanol–water partition coefficient (Wildman–Crippen LogP) is 3.12. The van der Waals surface area contributed by atoms with Gasteiger partial charge in [0, 0.05) is 17.3 Å². The highest BCUT2D eigenvalue weighted by Gasteiger charge is 2.45. The van der Waals surface area contributed by atoms with Gasteiger partial charge < -0.3 is 11.5 Å². The number of anilines is 1. The first-order valence-corrected chi connectivity index (χ1v) is 8.43. The van der Waals surface area contributed by atoms with Crippen LogP contribution in [-0.2, 0) is 0 Å². The topological polar surface area (TPSA) is 68.2 Å². The molecule has 2 heterocycles. The van der Waals surface area contributed by atoms with Gasteiger partial charge in [0.1, 0.15) is 5.82 Å². The van der Waals surface area contributed by atoms with Crippen LogP contribution in [0, 0.1) is 0 Å². The Morgan fingerprint density at radius 2 is 1.81 bits per heavy atom. The molecule has 21 heavy (non-hydrogen) atoms. The van der Waals surface area contributed by atoms with Gasteiger partial charge in [-0.25, -0.2) is 4.98 Å². The van der Waals surface area contributed by atoms with Crippen molar-refractivity contribution in [3.63, 3.8) is 0 Å². The van der Waals surface area contributed by atoms with Crippen LogP contribution in [0.25, 0.3) is 0 Å². The highest BCUT2D eigenvalue weighted by Crippen LogP contribution is 2.45. The monoisotopic (exact) mass is 308 g/mol. The zero-order valence-electron chi connectivity index (χ0n) is 12.5. The Bertz CT molecular complexity index is 493. The van der Waals surface area contributed by atoms with Crippen molar-refractivity contribution < 1.29 is 0 Å². The van der Waals surface area contributed by atoms with E-state index in [1.807, 2.05) is 6.07 Å². The van der Waals surface area contributed by atoms with Crippen LogP contribution in [0.2, 0.25) is 5.02 Å². The number of likely N-dealkylation sites (tertiary alicyclic amines) is 1. The quantitative estimate of drug-likeness (QED) is 0.900. The highest BCUT2D eigenvalue weighted by atomic mass is 35.5. The summed E-state index contributed by atoms with van der Waals surface area (Å²) in [4.78, 5) is 6.81. The Balaban J connectivity index is 1.94. The minimum absolute atomic E-state index is 0.0426. The van der Waals surface area contributed by atoms with Crippen molar-refractivity contribution in [3.05, 3.63) is 22.8 Å². The lowest BCUT2D eigenvalue weighted by atomic mass is 9.81. The second kappa shape index (κ2) is 6.11. The molecule has 0 bridgehead atoms. The molecular formula is C16H25ClN4. The third kappa shape index (κ3) is 2.77. The maximum atomic E-state index is 6.72. The van der Waals surface area contributed by atoms with Gasteiger partial charge in [-0.1, -0.05) is 30.9 Å². The molecule has 1 aromatic heterocycles. The zero-order chi connectivity index (χ0) is 14.9. The van der Waals surface area contributed by atoms with Crippen molar-refractivity contribution in [3.8, 4) is 0 Å². The molecule has 116 valence electrons. The summed E-state index contributed by atoms with van der Waals surface area (Å²) >= 11 is 6.11. The molecule has 4 N–H and O–H groups in total. The van der Waals surface area contributed by atoms with Crippen molar-refractivity contribution in [2.45, 2.75) is 56.5 Å². The lowest BCUT2D eigenvalue weighted by molar-refractivity contribution is 0.0479. The summed E-state index contributed by atoms with van der Waals surface area (Å²) in [5.74, 6) is 0.523. The summed E-state index contributed by atoms with van der Waals surface area (Å²) in [6.07, 6.45) is 10.3. The van der Waals surface area contributed by atoms with Crippen LogP contribution in [0.3, 0.4) is 0 Å². The summed E-state index contributed by atoms with van der Waals surface area (Å²) in [5, 5.41) is 0.612. The van der Waals surface area contributed by atoms with Crippen molar-refractivity contribution in [2.24, 2.45) is 5.73 Å². The normalized spacial score (nSPS) is 24.1. The van der Waals surface area contributed by atoms with Crippen LogP contribution in [0.5, 0.6) is 0 Å². The fourth-order valence-electron chi connectivity index (χ4n) is 4.15. The van der Waals surface area contributed by atoms with Gasteiger partial charge in [-0.05, 0) is 44.8 Å². The average molecular weight is 309 g/mol. The Morgan fingerprint density at radius 3 is 2.48 bits per heavy atom.